The van der Waals surface area contributed by atoms with Crippen molar-refractivity contribution in [2.45, 2.75) is 37.3 Å². The lowest BCUT2D eigenvalue weighted by atomic mass is 10.0. The number of nitriles is 1. The zero-order valence-electron chi connectivity index (χ0n) is 19.2. The minimum Gasteiger partial charge on any atom is -0.495 e. The van der Waals surface area contributed by atoms with Crippen LogP contribution in [0, 0.1) is 11.3 Å². The van der Waals surface area contributed by atoms with Crippen LogP contribution >= 0.6 is 24.0 Å². The molecule has 2 atom stereocenters. The van der Waals surface area contributed by atoms with Crippen molar-refractivity contribution in [2.75, 3.05) is 12.4 Å². The van der Waals surface area contributed by atoms with Gasteiger partial charge in [-0.1, -0.05) is 72.9 Å². The number of rotatable bonds is 9. The predicted octanol–water partition coefficient (Wildman–Crippen LogP) is 4.07. The number of nitrogens with zero attached hydrogens (tertiary/aromatic N) is 2. The van der Waals surface area contributed by atoms with Crippen molar-refractivity contribution in [2.24, 2.45) is 0 Å². The van der Waals surface area contributed by atoms with Crippen LogP contribution in [0.1, 0.15) is 37.0 Å². The van der Waals surface area contributed by atoms with Gasteiger partial charge in [-0.15, -0.1) is 11.8 Å². The molecule has 0 aromatic heterocycles. The van der Waals surface area contributed by atoms with Gasteiger partial charge in [-0.3, -0.25) is 9.69 Å². The predicted molar refractivity (Wildman–Crippen MR) is 137 cm³/mol. The van der Waals surface area contributed by atoms with Crippen LogP contribution in [0.25, 0.3) is 0 Å². The van der Waals surface area contributed by atoms with E-state index in [-0.39, 0.29) is 23.4 Å². The number of carbonyl (C=O) groups is 2. The van der Waals surface area contributed by atoms with E-state index in [1.807, 2.05) is 73.7 Å². The lowest BCUT2D eigenvalue weighted by Gasteiger charge is -2.49. The molecule has 9 heteroatoms. The summed E-state index contributed by atoms with van der Waals surface area (Å²) < 4.78 is 11.8. The first-order chi connectivity index (χ1) is 17.0. The monoisotopic (exact) mass is 507 g/mol. The molecule has 0 bridgehead atoms. The molecular weight excluding hydrogens is 482 g/mol. The summed E-state index contributed by atoms with van der Waals surface area (Å²) in [5.74, 6) is -0.0357. The second kappa shape index (κ2) is 11.4. The molecule has 0 radical (unpaired) electrons. The van der Waals surface area contributed by atoms with Gasteiger partial charge in [-0.05, 0) is 18.1 Å². The van der Waals surface area contributed by atoms with Crippen LogP contribution in [0.5, 0.6) is 0 Å². The third-order valence-corrected chi connectivity index (χ3v) is 7.23. The number of fused-ring (bicyclic) bond motifs is 1. The fraction of sp³-hybridized carbons (Fsp3) is 0.308. The molecule has 180 valence electrons. The molecule has 35 heavy (non-hydrogen) atoms. The molecular formula is C26H25N3O4S2. The Hall–Kier alpha value is -3.35. The van der Waals surface area contributed by atoms with Gasteiger partial charge >= 0.3 is 5.97 Å². The van der Waals surface area contributed by atoms with Crippen molar-refractivity contribution in [1.82, 2.24) is 10.2 Å². The number of hydrogen-bond donors (Lipinski definition) is 1. The largest absolute Gasteiger partial charge is 0.495 e. The van der Waals surface area contributed by atoms with E-state index in [0.717, 1.165) is 11.1 Å². The van der Waals surface area contributed by atoms with Gasteiger partial charge in [0.1, 0.15) is 17.2 Å². The average molecular weight is 508 g/mol. The number of thiocarbonyl (C=S) groups is 1. The van der Waals surface area contributed by atoms with Crippen LogP contribution in [0.4, 0.5) is 0 Å². The highest BCUT2D eigenvalue weighted by atomic mass is 32.2. The molecule has 0 saturated carbocycles. The van der Waals surface area contributed by atoms with E-state index in [4.69, 9.17) is 27.0 Å². The number of carbonyl (C=O) groups excluding carboxylic acids is 2. The minimum atomic E-state index is -0.642. The molecule has 2 aromatic rings. The fourth-order valence-corrected chi connectivity index (χ4v) is 5.53. The first kappa shape index (κ1) is 24.8. The van der Waals surface area contributed by atoms with Gasteiger partial charge in [-0.2, -0.15) is 5.26 Å². The van der Waals surface area contributed by atoms with Crippen LogP contribution in [0.15, 0.2) is 72.1 Å². The SMILES string of the molecule is CCOC1=C(C(=O)OC(c2ccccc2)c2ccccc2)N2C(=O)C(NC(=S)CCC#N)[C@H]2SC1. The third-order valence-electron chi connectivity index (χ3n) is 5.66. The fourth-order valence-electron chi connectivity index (χ4n) is 4.03. The quantitative estimate of drug-likeness (QED) is 0.309. The lowest BCUT2D eigenvalue weighted by molar-refractivity contribution is -0.154. The molecule has 1 saturated heterocycles. The Kier molecular flexibility index (Phi) is 8.06. The number of thioether (sulfide) groups is 1. The standard InChI is InChI=1S/C26H25N3O4S2/c1-2-32-19-16-35-25-21(28-20(34)14-9-15-27)24(30)29(25)22(19)26(31)33-23(17-10-5-3-6-11-17)18-12-7-4-8-13-18/h3-8,10-13,21,23,25H,2,9,14,16H2,1H3,(H,28,34)/t21?,25-/m1/s1. The van der Waals surface area contributed by atoms with E-state index in [1.165, 1.54) is 16.7 Å². The van der Waals surface area contributed by atoms with Crippen LogP contribution in [-0.4, -0.2) is 45.5 Å². The summed E-state index contributed by atoms with van der Waals surface area (Å²) >= 11 is 6.78. The zero-order valence-corrected chi connectivity index (χ0v) is 20.8. The molecule has 1 unspecified atom stereocenters. The Morgan fingerprint density at radius 2 is 1.83 bits per heavy atom. The molecule has 0 aliphatic carbocycles. The van der Waals surface area contributed by atoms with Crippen molar-refractivity contribution < 1.29 is 19.1 Å². The number of ether oxygens (including phenoxy) is 2. The number of nitrogens with one attached hydrogen (secondary N) is 1. The Morgan fingerprint density at radius 3 is 2.40 bits per heavy atom. The highest BCUT2D eigenvalue weighted by Crippen LogP contribution is 2.42. The number of β-lactam (4-membered cyclic amide) rings is 1. The van der Waals surface area contributed by atoms with Crippen LogP contribution in [0.3, 0.4) is 0 Å². The highest BCUT2D eigenvalue weighted by Gasteiger charge is 2.55. The lowest BCUT2D eigenvalue weighted by Crippen LogP contribution is -2.70. The number of esters is 1. The molecule has 1 fully saturated rings. The summed E-state index contributed by atoms with van der Waals surface area (Å²) in [7, 11) is 0. The van der Waals surface area contributed by atoms with E-state index in [1.54, 1.807) is 0 Å². The first-order valence-electron chi connectivity index (χ1n) is 11.3. The highest BCUT2D eigenvalue weighted by molar-refractivity contribution is 8.00. The molecule has 4 rings (SSSR count). The molecule has 1 amide bonds. The Morgan fingerprint density at radius 1 is 1.20 bits per heavy atom. The van der Waals surface area contributed by atoms with E-state index in [2.05, 4.69) is 5.32 Å². The van der Waals surface area contributed by atoms with E-state index in [9.17, 15) is 9.59 Å². The van der Waals surface area contributed by atoms with Gasteiger partial charge in [0.05, 0.1) is 23.4 Å². The van der Waals surface area contributed by atoms with Gasteiger partial charge in [0.25, 0.3) is 5.91 Å². The second-order valence-corrected chi connectivity index (χ2v) is 9.52. The van der Waals surface area contributed by atoms with Crippen molar-refractivity contribution in [3.8, 4) is 6.07 Å². The third kappa shape index (κ3) is 5.34. The van der Waals surface area contributed by atoms with Crippen molar-refractivity contribution in [3.63, 3.8) is 0 Å². The van der Waals surface area contributed by atoms with E-state index < -0.39 is 18.1 Å². The molecule has 0 spiro atoms. The Labute approximate surface area is 214 Å². The summed E-state index contributed by atoms with van der Waals surface area (Å²) in [5.41, 5.74) is 1.78. The molecule has 2 aliphatic rings. The summed E-state index contributed by atoms with van der Waals surface area (Å²) in [6.07, 6.45) is 0.0235. The molecule has 1 N–H and O–H groups in total. The second-order valence-electron chi connectivity index (χ2n) is 7.92. The van der Waals surface area contributed by atoms with Gasteiger partial charge in [0.15, 0.2) is 11.8 Å². The van der Waals surface area contributed by atoms with Crippen LogP contribution in [0.2, 0.25) is 0 Å². The zero-order chi connectivity index (χ0) is 24.8. The number of hydrogen-bond acceptors (Lipinski definition) is 7. The van der Waals surface area contributed by atoms with Gasteiger partial charge in [-0.25, -0.2) is 4.79 Å². The summed E-state index contributed by atoms with van der Waals surface area (Å²) in [4.78, 5) is 28.6. The Balaban J connectivity index is 1.59. The summed E-state index contributed by atoms with van der Waals surface area (Å²) in [6.45, 7) is 2.19. The van der Waals surface area contributed by atoms with Crippen LogP contribution in [-0.2, 0) is 19.1 Å². The smallest absolute Gasteiger partial charge is 0.359 e. The maximum Gasteiger partial charge on any atom is 0.359 e. The van der Waals surface area contributed by atoms with Crippen molar-refractivity contribution in [3.05, 3.63) is 83.2 Å². The minimum absolute atomic E-state index is 0.137. The summed E-state index contributed by atoms with van der Waals surface area (Å²) in [6, 6.07) is 20.5. The van der Waals surface area contributed by atoms with E-state index >= 15 is 0 Å². The topological polar surface area (TPSA) is 91.7 Å². The maximum atomic E-state index is 13.6. The van der Waals surface area contributed by atoms with Crippen LogP contribution < -0.4 is 5.32 Å². The van der Waals surface area contributed by atoms with Crippen molar-refractivity contribution >= 4 is 40.8 Å². The maximum absolute atomic E-state index is 13.6. The molecule has 2 aromatic carbocycles. The Bertz CT molecular complexity index is 1120. The number of benzene rings is 2. The number of amides is 1. The summed E-state index contributed by atoms with van der Waals surface area (Å²) in [5, 5.41) is 11.5. The van der Waals surface area contributed by atoms with Crippen molar-refractivity contribution in [1.29, 1.82) is 5.26 Å². The van der Waals surface area contributed by atoms with Gasteiger partial charge in [0.2, 0.25) is 0 Å². The van der Waals surface area contributed by atoms with E-state index in [0.29, 0.717) is 29.5 Å². The first-order valence-corrected chi connectivity index (χ1v) is 12.8. The molecule has 7 nitrogen and oxygen atoms in total. The normalized spacial score (nSPS) is 18.9. The average Bonchev–Trinajstić information content (AvgIpc) is 2.89. The molecule has 2 aliphatic heterocycles. The van der Waals surface area contributed by atoms with Gasteiger partial charge in [0, 0.05) is 12.8 Å². The molecule has 2 heterocycles. The van der Waals surface area contributed by atoms with Gasteiger partial charge < -0.3 is 14.8 Å².